The highest BCUT2D eigenvalue weighted by Gasteiger charge is 2.33. The molecule has 0 spiro atoms. The van der Waals surface area contributed by atoms with Gasteiger partial charge in [0.2, 0.25) is 5.91 Å². The van der Waals surface area contributed by atoms with Crippen molar-refractivity contribution in [1.29, 1.82) is 0 Å². The van der Waals surface area contributed by atoms with Gasteiger partial charge in [-0.05, 0) is 49.7 Å². The number of carbonyl (C=O) groups excluding carboxylic acids is 3. The third-order valence-corrected chi connectivity index (χ3v) is 5.00. The van der Waals surface area contributed by atoms with Crippen LogP contribution in [0.4, 0.5) is 11.4 Å². The van der Waals surface area contributed by atoms with Crippen LogP contribution in [0, 0.1) is 0 Å². The van der Waals surface area contributed by atoms with Gasteiger partial charge in [0.15, 0.2) is 11.9 Å². The highest BCUT2D eigenvalue weighted by Crippen LogP contribution is 2.35. The number of benzene rings is 2. The minimum atomic E-state index is -0.738. The van der Waals surface area contributed by atoms with Crippen molar-refractivity contribution in [2.75, 3.05) is 23.9 Å². The van der Waals surface area contributed by atoms with E-state index < -0.39 is 12.0 Å². The maximum absolute atomic E-state index is 12.7. The lowest BCUT2D eigenvalue weighted by molar-refractivity contribution is -0.127. The largest absolute Gasteiger partial charge is 0.495 e. The van der Waals surface area contributed by atoms with Crippen LogP contribution in [0.25, 0.3) is 0 Å². The van der Waals surface area contributed by atoms with Crippen molar-refractivity contribution in [3.05, 3.63) is 47.0 Å². The minimum absolute atomic E-state index is 0.0244. The lowest BCUT2D eigenvalue weighted by atomic mass is 10.0. The summed E-state index contributed by atoms with van der Waals surface area (Å²) in [6, 6.07) is 9.81. The van der Waals surface area contributed by atoms with E-state index in [1.54, 1.807) is 43.3 Å². The number of fused-ring (bicyclic) bond motifs is 1. The van der Waals surface area contributed by atoms with Gasteiger partial charge in [-0.1, -0.05) is 18.5 Å². The molecule has 2 aromatic carbocycles. The van der Waals surface area contributed by atoms with Crippen LogP contribution in [0.15, 0.2) is 36.4 Å². The molecule has 7 nitrogen and oxygen atoms in total. The average molecular weight is 431 g/mol. The molecule has 0 saturated heterocycles. The smallest absolute Gasteiger partial charge is 0.268 e. The SMILES string of the molecule is CCCC(=O)c1ccc2c(c1)N(CC(=O)Nc1ccc(OC)c(Cl)c1)C(=O)C(C)O2. The van der Waals surface area contributed by atoms with E-state index in [0.29, 0.717) is 39.9 Å². The number of nitrogens with zero attached hydrogens (tertiary/aromatic N) is 1. The van der Waals surface area contributed by atoms with Gasteiger partial charge in [-0.25, -0.2) is 0 Å². The predicted octanol–water partition coefficient (Wildman–Crippen LogP) is 4.08. The first kappa shape index (κ1) is 21.6. The fourth-order valence-electron chi connectivity index (χ4n) is 3.20. The summed E-state index contributed by atoms with van der Waals surface area (Å²) in [5.74, 6) is 0.157. The van der Waals surface area contributed by atoms with E-state index >= 15 is 0 Å². The van der Waals surface area contributed by atoms with Crippen LogP contribution in [-0.4, -0.2) is 37.4 Å². The quantitative estimate of drug-likeness (QED) is 0.669. The van der Waals surface area contributed by atoms with Gasteiger partial charge in [0.05, 0.1) is 17.8 Å². The second-order valence-corrected chi connectivity index (χ2v) is 7.34. The van der Waals surface area contributed by atoms with E-state index in [-0.39, 0.29) is 18.2 Å². The van der Waals surface area contributed by atoms with Gasteiger partial charge in [-0.3, -0.25) is 19.3 Å². The minimum Gasteiger partial charge on any atom is -0.495 e. The van der Waals surface area contributed by atoms with Crippen LogP contribution in [0.3, 0.4) is 0 Å². The molecule has 0 fully saturated rings. The molecule has 30 heavy (non-hydrogen) atoms. The number of nitrogens with one attached hydrogen (secondary N) is 1. The zero-order valence-corrected chi connectivity index (χ0v) is 17.8. The van der Waals surface area contributed by atoms with E-state index in [1.165, 1.54) is 12.0 Å². The Morgan fingerprint density at radius 1 is 1.23 bits per heavy atom. The number of carbonyl (C=O) groups is 3. The monoisotopic (exact) mass is 430 g/mol. The fraction of sp³-hybridized carbons (Fsp3) is 0.318. The maximum Gasteiger partial charge on any atom is 0.268 e. The van der Waals surface area contributed by atoms with Crippen molar-refractivity contribution in [2.45, 2.75) is 32.8 Å². The Morgan fingerprint density at radius 3 is 2.67 bits per heavy atom. The van der Waals surface area contributed by atoms with Gasteiger partial charge in [-0.15, -0.1) is 0 Å². The predicted molar refractivity (Wildman–Crippen MR) is 115 cm³/mol. The van der Waals surface area contributed by atoms with Gasteiger partial charge in [0, 0.05) is 17.7 Å². The number of hydrogen-bond donors (Lipinski definition) is 1. The number of hydrogen-bond acceptors (Lipinski definition) is 5. The molecular formula is C22H23ClN2O5. The molecular weight excluding hydrogens is 408 g/mol. The third kappa shape index (κ3) is 4.57. The molecule has 158 valence electrons. The van der Waals surface area contributed by atoms with Crippen molar-refractivity contribution in [2.24, 2.45) is 0 Å². The molecule has 8 heteroatoms. The first-order chi connectivity index (χ1) is 14.3. The van der Waals surface area contributed by atoms with E-state index in [2.05, 4.69) is 5.32 Å². The summed E-state index contributed by atoms with van der Waals surface area (Å²) in [5, 5.41) is 3.08. The highest BCUT2D eigenvalue weighted by atomic mass is 35.5. The molecule has 0 bridgehead atoms. The first-order valence-electron chi connectivity index (χ1n) is 9.62. The third-order valence-electron chi connectivity index (χ3n) is 4.70. The number of amides is 2. The molecule has 1 aliphatic rings. The molecule has 1 aliphatic heterocycles. The Hall–Kier alpha value is -3.06. The normalized spacial score (nSPS) is 15.3. The number of rotatable bonds is 7. The molecule has 0 aliphatic carbocycles. The summed E-state index contributed by atoms with van der Waals surface area (Å²) in [6.07, 6.45) is 0.389. The van der Waals surface area contributed by atoms with Gasteiger partial charge < -0.3 is 14.8 Å². The molecule has 3 rings (SSSR count). The summed E-state index contributed by atoms with van der Waals surface area (Å²) in [5.41, 5.74) is 1.36. The molecule has 1 unspecified atom stereocenters. The van der Waals surface area contributed by atoms with Crippen molar-refractivity contribution >= 4 is 40.6 Å². The average Bonchev–Trinajstić information content (AvgIpc) is 2.71. The number of methoxy groups -OCH3 is 1. The van der Waals surface area contributed by atoms with E-state index in [9.17, 15) is 14.4 Å². The van der Waals surface area contributed by atoms with Gasteiger partial charge >= 0.3 is 0 Å². The van der Waals surface area contributed by atoms with Crippen LogP contribution in [0.1, 0.15) is 37.0 Å². The Bertz CT molecular complexity index is 991. The van der Waals surface area contributed by atoms with E-state index in [0.717, 1.165) is 6.42 Å². The Balaban J connectivity index is 1.83. The zero-order chi connectivity index (χ0) is 21.8. The molecule has 2 amide bonds. The van der Waals surface area contributed by atoms with Crippen molar-refractivity contribution in [3.8, 4) is 11.5 Å². The van der Waals surface area contributed by atoms with Crippen LogP contribution in [0.2, 0.25) is 5.02 Å². The second-order valence-electron chi connectivity index (χ2n) is 6.94. The Labute approximate surface area is 179 Å². The number of anilines is 2. The molecule has 1 heterocycles. The maximum atomic E-state index is 12.7. The second kappa shape index (κ2) is 9.17. The van der Waals surface area contributed by atoms with Crippen LogP contribution >= 0.6 is 11.6 Å². The first-order valence-corrected chi connectivity index (χ1v) is 10.0. The number of ketones is 1. The molecule has 0 radical (unpaired) electrons. The lowest BCUT2D eigenvalue weighted by Gasteiger charge is -2.32. The van der Waals surface area contributed by atoms with Gasteiger partial charge in [0.25, 0.3) is 5.91 Å². The summed E-state index contributed by atoms with van der Waals surface area (Å²) >= 11 is 6.10. The van der Waals surface area contributed by atoms with Crippen LogP contribution < -0.4 is 19.7 Å². The van der Waals surface area contributed by atoms with Crippen LogP contribution in [0.5, 0.6) is 11.5 Å². The summed E-state index contributed by atoms with van der Waals surface area (Å²) in [4.78, 5) is 39.0. The van der Waals surface area contributed by atoms with Crippen molar-refractivity contribution < 1.29 is 23.9 Å². The van der Waals surface area contributed by atoms with Gasteiger partial charge in [-0.2, -0.15) is 0 Å². The summed E-state index contributed by atoms with van der Waals surface area (Å²) < 4.78 is 10.7. The zero-order valence-electron chi connectivity index (χ0n) is 17.0. The number of Topliss-reactive ketones (excluding diaryl/α,β-unsaturated/α-hetero) is 1. The van der Waals surface area contributed by atoms with Gasteiger partial charge in [0.1, 0.15) is 18.0 Å². The summed E-state index contributed by atoms with van der Waals surface area (Å²) in [6.45, 7) is 3.32. The highest BCUT2D eigenvalue weighted by molar-refractivity contribution is 6.32. The molecule has 0 aromatic heterocycles. The molecule has 1 atom stereocenters. The topological polar surface area (TPSA) is 84.9 Å². The van der Waals surface area contributed by atoms with Crippen molar-refractivity contribution in [1.82, 2.24) is 0 Å². The van der Waals surface area contributed by atoms with Crippen molar-refractivity contribution in [3.63, 3.8) is 0 Å². The molecule has 1 N–H and O–H groups in total. The Kier molecular flexibility index (Phi) is 6.62. The molecule has 0 saturated carbocycles. The fourth-order valence-corrected chi connectivity index (χ4v) is 3.46. The van der Waals surface area contributed by atoms with Crippen LogP contribution in [-0.2, 0) is 9.59 Å². The number of halogens is 1. The lowest BCUT2D eigenvalue weighted by Crippen LogP contribution is -2.47. The van der Waals surface area contributed by atoms with E-state index in [4.69, 9.17) is 21.1 Å². The number of ether oxygens (including phenoxy) is 2. The van der Waals surface area contributed by atoms with E-state index in [1.807, 2.05) is 6.92 Å². The molecule has 2 aromatic rings. The Morgan fingerprint density at radius 2 is 2.00 bits per heavy atom. The standard InChI is InChI=1S/C22H23ClN2O5/c1-4-5-18(26)14-6-8-20-17(10-14)25(22(28)13(2)30-20)12-21(27)24-15-7-9-19(29-3)16(23)11-15/h6-11,13H,4-5,12H2,1-3H3,(H,24,27). The summed E-state index contributed by atoms with van der Waals surface area (Å²) in [7, 11) is 1.50.